The smallest absolute Gasteiger partial charge is 0.314 e. The van der Waals surface area contributed by atoms with E-state index in [0.717, 1.165) is 5.56 Å². The Hall–Kier alpha value is -1.84. The molecule has 0 N–H and O–H groups in total. The maximum Gasteiger partial charge on any atom is 0.314 e. The SMILES string of the molecule is CC(C)C(=O)N1CCC(C(=O)Oc2ccccc2C(C)C)CC1. The number of ether oxygens (including phenoxy) is 1. The van der Waals surface area contributed by atoms with E-state index in [-0.39, 0.29) is 23.7 Å². The Morgan fingerprint density at radius 3 is 2.26 bits per heavy atom. The zero-order valence-corrected chi connectivity index (χ0v) is 14.5. The normalized spacial score (nSPS) is 16.0. The number of hydrogen-bond acceptors (Lipinski definition) is 3. The minimum absolute atomic E-state index is 0.0106. The van der Waals surface area contributed by atoms with Crippen molar-refractivity contribution in [3.8, 4) is 5.75 Å². The van der Waals surface area contributed by atoms with Crippen molar-refractivity contribution in [1.29, 1.82) is 0 Å². The van der Waals surface area contributed by atoms with Gasteiger partial charge in [0.05, 0.1) is 5.92 Å². The molecule has 4 heteroatoms. The summed E-state index contributed by atoms with van der Waals surface area (Å²) in [7, 11) is 0. The molecule has 1 fully saturated rings. The molecule has 23 heavy (non-hydrogen) atoms. The predicted octanol–water partition coefficient (Wildman–Crippen LogP) is 3.61. The van der Waals surface area contributed by atoms with Crippen LogP contribution in [0.2, 0.25) is 0 Å². The van der Waals surface area contributed by atoms with Gasteiger partial charge in [-0.05, 0) is 30.4 Å². The van der Waals surface area contributed by atoms with Crippen LogP contribution in [0.4, 0.5) is 0 Å². The Kier molecular flexibility index (Phi) is 5.80. The van der Waals surface area contributed by atoms with Crippen molar-refractivity contribution in [1.82, 2.24) is 4.90 Å². The van der Waals surface area contributed by atoms with Gasteiger partial charge in [-0.2, -0.15) is 0 Å². The highest BCUT2D eigenvalue weighted by molar-refractivity contribution is 5.79. The molecule has 0 saturated carbocycles. The van der Waals surface area contributed by atoms with E-state index < -0.39 is 0 Å². The first-order chi connectivity index (χ1) is 10.9. The zero-order chi connectivity index (χ0) is 17.0. The minimum atomic E-state index is -0.172. The number of amides is 1. The predicted molar refractivity (Wildman–Crippen MR) is 90.3 cm³/mol. The van der Waals surface area contributed by atoms with Crippen molar-refractivity contribution in [3.63, 3.8) is 0 Å². The largest absolute Gasteiger partial charge is 0.426 e. The van der Waals surface area contributed by atoms with Crippen LogP contribution in [-0.2, 0) is 9.59 Å². The van der Waals surface area contributed by atoms with E-state index >= 15 is 0 Å². The molecule has 0 aliphatic carbocycles. The van der Waals surface area contributed by atoms with Gasteiger partial charge in [-0.1, -0.05) is 45.9 Å². The van der Waals surface area contributed by atoms with Crippen molar-refractivity contribution in [2.75, 3.05) is 13.1 Å². The van der Waals surface area contributed by atoms with Crippen LogP contribution in [-0.4, -0.2) is 29.9 Å². The maximum atomic E-state index is 12.4. The third-order valence-corrected chi connectivity index (χ3v) is 4.39. The van der Waals surface area contributed by atoms with Gasteiger partial charge in [0.25, 0.3) is 0 Å². The molecule has 0 bridgehead atoms. The Morgan fingerprint density at radius 1 is 1.09 bits per heavy atom. The second-order valence-electron chi connectivity index (χ2n) is 6.87. The second kappa shape index (κ2) is 7.62. The Balaban J connectivity index is 1.95. The fourth-order valence-corrected chi connectivity index (χ4v) is 2.94. The lowest BCUT2D eigenvalue weighted by molar-refractivity contribution is -0.144. The van der Waals surface area contributed by atoms with Crippen LogP contribution in [0.5, 0.6) is 5.75 Å². The Bertz CT molecular complexity index is 557. The third-order valence-electron chi connectivity index (χ3n) is 4.39. The summed E-state index contributed by atoms with van der Waals surface area (Å²) in [5.74, 6) is 0.859. The first-order valence-electron chi connectivity index (χ1n) is 8.49. The maximum absolute atomic E-state index is 12.4. The average molecular weight is 317 g/mol. The van der Waals surface area contributed by atoms with Gasteiger partial charge in [0.2, 0.25) is 5.91 Å². The molecule has 0 aromatic heterocycles. The Labute approximate surface area is 138 Å². The zero-order valence-electron chi connectivity index (χ0n) is 14.5. The number of para-hydroxylation sites is 1. The van der Waals surface area contributed by atoms with Crippen LogP contribution >= 0.6 is 0 Å². The van der Waals surface area contributed by atoms with Gasteiger partial charge in [0.15, 0.2) is 0 Å². The number of rotatable bonds is 4. The Morgan fingerprint density at radius 2 is 1.70 bits per heavy atom. The van der Waals surface area contributed by atoms with Crippen molar-refractivity contribution >= 4 is 11.9 Å². The summed E-state index contributed by atoms with van der Waals surface area (Å²) in [6, 6.07) is 7.70. The van der Waals surface area contributed by atoms with E-state index in [1.165, 1.54) is 0 Å². The number of piperidine rings is 1. The van der Waals surface area contributed by atoms with Crippen LogP contribution < -0.4 is 4.74 Å². The number of nitrogens with zero attached hydrogens (tertiary/aromatic N) is 1. The molecule has 1 amide bonds. The number of esters is 1. The van der Waals surface area contributed by atoms with E-state index in [0.29, 0.717) is 37.6 Å². The van der Waals surface area contributed by atoms with E-state index in [1.54, 1.807) is 0 Å². The molecule has 1 aliphatic rings. The van der Waals surface area contributed by atoms with E-state index in [1.807, 2.05) is 43.0 Å². The molecule has 1 saturated heterocycles. The summed E-state index contributed by atoms with van der Waals surface area (Å²) in [6.45, 7) is 9.27. The van der Waals surface area contributed by atoms with Crippen LogP contribution in [0.1, 0.15) is 52.0 Å². The molecule has 0 atom stereocenters. The van der Waals surface area contributed by atoms with Gasteiger partial charge in [0.1, 0.15) is 5.75 Å². The lowest BCUT2D eigenvalue weighted by atomic mass is 9.96. The minimum Gasteiger partial charge on any atom is -0.426 e. The van der Waals surface area contributed by atoms with Crippen molar-refractivity contribution in [3.05, 3.63) is 29.8 Å². The molecular weight excluding hydrogens is 290 g/mol. The van der Waals surface area contributed by atoms with E-state index in [4.69, 9.17) is 4.74 Å². The molecule has 4 nitrogen and oxygen atoms in total. The molecule has 1 aliphatic heterocycles. The van der Waals surface area contributed by atoms with Gasteiger partial charge >= 0.3 is 5.97 Å². The molecule has 0 unspecified atom stereocenters. The highest BCUT2D eigenvalue weighted by Gasteiger charge is 2.29. The molecule has 126 valence electrons. The van der Waals surface area contributed by atoms with Crippen molar-refractivity contribution in [2.24, 2.45) is 11.8 Å². The fraction of sp³-hybridized carbons (Fsp3) is 0.579. The van der Waals surface area contributed by atoms with Crippen LogP contribution in [0.3, 0.4) is 0 Å². The summed E-state index contributed by atoms with van der Waals surface area (Å²) in [5, 5.41) is 0. The van der Waals surface area contributed by atoms with Gasteiger partial charge in [-0.3, -0.25) is 9.59 Å². The highest BCUT2D eigenvalue weighted by atomic mass is 16.5. The van der Waals surface area contributed by atoms with Crippen LogP contribution in [0.25, 0.3) is 0 Å². The van der Waals surface area contributed by atoms with E-state index in [2.05, 4.69) is 13.8 Å². The summed E-state index contributed by atoms with van der Waals surface area (Å²) in [4.78, 5) is 26.3. The molecule has 0 radical (unpaired) electrons. The lowest BCUT2D eigenvalue weighted by Crippen LogP contribution is -2.42. The number of likely N-dealkylation sites (tertiary alicyclic amines) is 1. The number of benzene rings is 1. The average Bonchev–Trinajstić information content (AvgIpc) is 2.54. The topological polar surface area (TPSA) is 46.6 Å². The molecule has 1 aromatic carbocycles. The third kappa shape index (κ3) is 4.34. The van der Waals surface area contributed by atoms with Gasteiger partial charge < -0.3 is 9.64 Å². The number of hydrogen-bond donors (Lipinski definition) is 0. The summed E-state index contributed by atoms with van der Waals surface area (Å²) in [5.41, 5.74) is 1.05. The first kappa shape index (κ1) is 17.5. The summed E-state index contributed by atoms with van der Waals surface area (Å²) >= 11 is 0. The number of carbonyl (C=O) groups excluding carboxylic acids is 2. The van der Waals surface area contributed by atoms with Crippen LogP contribution in [0, 0.1) is 11.8 Å². The molecule has 2 rings (SSSR count). The fourth-order valence-electron chi connectivity index (χ4n) is 2.94. The molecule has 0 spiro atoms. The molecular formula is C19H27NO3. The summed E-state index contributed by atoms with van der Waals surface area (Å²) < 4.78 is 5.65. The van der Waals surface area contributed by atoms with Crippen molar-refractivity contribution < 1.29 is 14.3 Å². The second-order valence-corrected chi connectivity index (χ2v) is 6.87. The van der Waals surface area contributed by atoms with Crippen LogP contribution in [0.15, 0.2) is 24.3 Å². The van der Waals surface area contributed by atoms with E-state index in [9.17, 15) is 9.59 Å². The molecule has 1 aromatic rings. The van der Waals surface area contributed by atoms with Gasteiger partial charge in [0, 0.05) is 19.0 Å². The first-order valence-corrected chi connectivity index (χ1v) is 8.49. The van der Waals surface area contributed by atoms with Gasteiger partial charge in [-0.15, -0.1) is 0 Å². The highest BCUT2D eigenvalue weighted by Crippen LogP contribution is 2.28. The van der Waals surface area contributed by atoms with Crippen molar-refractivity contribution in [2.45, 2.75) is 46.5 Å². The molecule has 1 heterocycles. The monoisotopic (exact) mass is 317 g/mol. The van der Waals surface area contributed by atoms with Gasteiger partial charge in [-0.25, -0.2) is 0 Å². The standard InChI is InChI=1S/C19H27NO3/c1-13(2)16-7-5-6-8-17(16)23-19(22)15-9-11-20(12-10-15)18(21)14(3)4/h5-8,13-15H,9-12H2,1-4H3. The number of carbonyl (C=O) groups is 2. The quantitative estimate of drug-likeness (QED) is 0.629. The summed E-state index contributed by atoms with van der Waals surface area (Å²) in [6.07, 6.45) is 1.36. The lowest BCUT2D eigenvalue weighted by Gasteiger charge is -2.32.